The summed E-state index contributed by atoms with van der Waals surface area (Å²) in [5, 5.41) is 0. The second-order valence-electron chi connectivity index (χ2n) is 10.1. The van der Waals surface area contributed by atoms with Gasteiger partial charge in [0.15, 0.2) is 0 Å². The lowest BCUT2D eigenvalue weighted by atomic mass is 9.70. The first-order chi connectivity index (χ1) is 13.8. The van der Waals surface area contributed by atoms with E-state index in [9.17, 15) is 8.78 Å². The van der Waals surface area contributed by atoms with Gasteiger partial charge in [-0.2, -0.15) is 8.78 Å². The third kappa shape index (κ3) is 5.30. The Hall–Kier alpha value is -1.18. The van der Waals surface area contributed by atoms with Crippen LogP contribution in [0.25, 0.3) is 0 Å². The molecule has 2 fully saturated rings. The number of allylic oxidation sites excluding steroid dienone is 1. The third-order valence-corrected chi connectivity index (χ3v) is 8.55. The molecule has 0 heterocycles. The fourth-order valence-electron chi connectivity index (χ4n) is 6.26. The zero-order chi connectivity index (χ0) is 21.1. The lowest BCUT2D eigenvalue weighted by Gasteiger charge is -2.35. The van der Waals surface area contributed by atoms with E-state index in [0.29, 0.717) is 12.3 Å². The summed E-state index contributed by atoms with van der Waals surface area (Å²) in [5.41, 5.74) is 9.17. The molecule has 29 heavy (non-hydrogen) atoms. The smallest absolute Gasteiger partial charge is 0.174 e. The highest BCUT2D eigenvalue weighted by molar-refractivity contribution is 5.51. The van der Waals surface area contributed by atoms with Gasteiger partial charge in [-0.15, -0.1) is 0 Å². The van der Waals surface area contributed by atoms with Crippen molar-refractivity contribution >= 4 is 0 Å². The average Bonchev–Trinajstić information content (AvgIpc) is 2.71. The van der Waals surface area contributed by atoms with E-state index >= 15 is 0 Å². The van der Waals surface area contributed by atoms with E-state index in [1.807, 2.05) is 0 Å². The Morgan fingerprint density at radius 2 is 1.07 bits per heavy atom. The molecule has 3 rings (SSSR count). The standard InChI is InChI=1S/C27H40F2/c1-17-18(2)20(4)27(21(5)19(17)3)25-13-10-24(11-14-25)16-23-8-6-22(7-9-23)12-15-26(28)29/h15,22-25H,6-14,16H2,1-5H3. The quantitative estimate of drug-likeness (QED) is 0.461. The number of halogens is 2. The largest absolute Gasteiger partial charge is 0.266 e. The van der Waals surface area contributed by atoms with E-state index < -0.39 is 6.08 Å². The van der Waals surface area contributed by atoms with Crippen LogP contribution in [0, 0.1) is 52.4 Å². The van der Waals surface area contributed by atoms with Gasteiger partial charge in [0.1, 0.15) is 0 Å². The van der Waals surface area contributed by atoms with Gasteiger partial charge < -0.3 is 0 Å². The fourth-order valence-corrected chi connectivity index (χ4v) is 6.26. The van der Waals surface area contributed by atoms with Crippen LogP contribution in [-0.4, -0.2) is 0 Å². The highest BCUT2D eigenvalue weighted by Gasteiger charge is 2.29. The van der Waals surface area contributed by atoms with Crippen molar-refractivity contribution in [1.82, 2.24) is 0 Å². The first-order valence-corrected chi connectivity index (χ1v) is 11.9. The maximum atomic E-state index is 12.3. The lowest BCUT2D eigenvalue weighted by molar-refractivity contribution is 0.205. The molecule has 2 aliphatic rings. The minimum absolute atomic E-state index is 0.488. The Morgan fingerprint density at radius 3 is 1.55 bits per heavy atom. The number of hydrogen-bond donors (Lipinski definition) is 0. The van der Waals surface area contributed by atoms with Crippen molar-refractivity contribution in [2.45, 2.75) is 105 Å². The second-order valence-corrected chi connectivity index (χ2v) is 10.1. The van der Waals surface area contributed by atoms with Crippen molar-refractivity contribution < 1.29 is 8.78 Å². The van der Waals surface area contributed by atoms with Gasteiger partial charge in [-0.1, -0.05) is 12.8 Å². The summed E-state index contributed by atoms with van der Waals surface area (Å²) < 4.78 is 24.6. The van der Waals surface area contributed by atoms with Crippen molar-refractivity contribution in [2.24, 2.45) is 17.8 Å². The first-order valence-electron chi connectivity index (χ1n) is 11.9. The summed E-state index contributed by atoms with van der Waals surface area (Å²) in [6.45, 7) is 11.5. The summed E-state index contributed by atoms with van der Waals surface area (Å²) in [7, 11) is 0. The van der Waals surface area contributed by atoms with Gasteiger partial charge in [0.2, 0.25) is 0 Å². The summed E-state index contributed by atoms with van der Waals surface area (Å²) in [6.07, 6.45) is 11.8. The number of benzene rings is 1. The van der Waals surface area contributed by atoms with E-state index in [2.05, 4.69) is 34.6 Å². The third-order valence-electron chi connectivity index (χ3n) is 8.55. The average molecular weight is 403 g/mol. The molecule has 0 radical (unpaired) electrons. The van der Waals surface area contributed by atoms with Crippen molar-refractivity contribution in [3.8, 4) is 0 Å². The molecule has 2 saturated carbocycles. The van der Waals surface area contributed by atoms with Crippen LogP contribution in [0.3, 0.4) is 0 Å². The molecule has 0 N–H and O–H groups in total. The van der Waals surface area contributed by atoms with Crippen molar-refractivity contribution in [1.29, 1.82) is 0 Å². The predicted molar refractivity (Wildman–Crippen MR) is 120 cm³/mol. The van der Waals surface area contributed by atoms with Gasteiger partial charge in [-0.05, 0) is 149 Å². The van der Waals surface area contributed by atoms with Gasteiger partial charge in [-0.25, -0.2) is 0 Å². The Morgan fingerprint density at radius 1 is 0.655 bits per heavy atom. The van der Waals surface area contributed by atoms with E-state index in [1.54, 1.807) is 5.56 Å². The Balaban J connectivity index is 1.52. The van der Waals surface area contributed by atoms with Gasteiger partial charge in [-0.3, -0.25) is 0 Å². The molecule has 2 heteroatoms. The molecule has 0 nitrogen and oxygen atoms in total. The van der Waals surface area contributed by atoms with Crippen molar-refractivity contribution in [2.75, 3.05) is 0 Å². The van der Waals surface area contributed by atoms with Crippen molar-refractivity contribution in [3.05, 3.63) is 45.5 Å². The molecule has 0 amide bonds. The minimum atomic E-state index is -1.51. The summed E-state index contributed by atoms with van der Waals surface area (Å²) in [4.78, 5) is 0. The van der Waals surface area contributed by atoms with E-state index in [1.165, 1.54) is 72.8 Å². The van der Waals surface area contributed by atoms with Crippen molar-refractivity contribution in [3.63, 3.8) is 0 Å². The highest BCUT2D eigenvalue weighted by atomic mass is 19.3. The fraction of sp³-hybridized carbons (Fsp3) is 0.704. The van der Waals surface area contributed by atoms with Crippen LogP contribution in [0.1, 0.15) is 104 Å². The highest BCUT2D eigenvalue weighted by Crippen LogP contribution is 2.44. The van der Waals surface area contributed by atoms with E-state index in [0.717, 1.165) is 36.7 Å². The molecule has 0 atom stereocenters. The van der Waals surface area contributed by atoms with Gasteiger partial charge >= 0.3 is 0 Å². The Bertz CT molecular complexity index is 696. The molecule has 162 valence electrons. The molecular weight excluding hydrogens is 362 g/mol. The van der Waals surface area contributed by atoms with Crippen LogP contribution in [0.4, 0.5) is 8.78 Å². The minimum Gasteiger partial charge on any atom is -0.174 e. The maximum Gasteiger partial charge on any atom is 0.266 e. The molecule has 0 aromatic heterocycles. The number of hydrogen-bond acceptors (Lipinski definition) is 0. The monoisotopic (exact) mass is 402 g/mol. The maximum absolute atomic E-state index is 12.3. The lowest BCUT2D eigenvalue weighted by Crippen LogP contribution is -2.21. The first kappa shape index (κ1) is 22.5. The molecule has 0 bridgehead atoms. The summed E-state index contributed by atoms with van der Waals surface area (Å²) in [6, 6.07) is 0. The molecule has 1 aromatic rings. The molecule has 1 aromatic carbocycles. The molecule has 2 aliphatic carbocycles. The Kier molecular flexibility index (Phi) is 7.57. The van der Waals surface area contributed by atoms with E-state index in [-0.39, 0.29) is 0 Å². The summed E-state index contributed by atoms with van der Waals surface area (Å²) >= 11 is 0. The molecule has 0 aliphatic heterocycles. The van der Waals surface area contributed by atoms with Gasteiger partial charge in [0.25, 0.3) is 6.08 Å². The van der Waals surface area contributed by atoms with Crippen LogP contribution >= 0.6 is 0 Å². The molecule has 0 saturated heterocycles. The molecule has 0 unspecified atom stereocenters. The van der Waals surface area contributed by atoms with Gasteiger partial charge in [0, 0.05) is 0 Å². The van der Waals surface area contributed by atoms with Crippen LogP contribution in [0.5, 0.6) is 0 Å². The van der Waals surface area contributed by atoms with E-state index in [4.69, 9.17) is 0 Å². The van der Waals surface area contributed by atoms with Crippen LogP contribution in [-0.2, 0) is 0 Å². The van der Waals surface area contributed by atoms with Crippen LogP contribution in [0.15, 0.2) is 12.2 Å². The molecular formula is C27H40F2. The number of rotatable bonds is 5. The van der Waals surface area contributed by atoms with Crippen LogP contribution < -0.4 is 0 Å². The normalized spacial score (nSPS) is 27.7. The Labute approximate surface area is 177 Å². The summed E-state index contributed by atoms with van der Waals surface area (Å²) in [5.74, 6) is 2.94. The van der Waals surface area contributed by atoms with Gasteiger partial charge in [0.05, 0.1) is 0 Å². The SMILES string of the molecule is Cc1c(C)c(C)c(C2CCC(CC3CCC(CC=C(F)F)CC3)CC2)c(C)c1C. The molecule has 0 spiro atoms. The zero-order valence-electron chi connectivity index (χ0n) is 19.2. The van der Waals surface area contributed by atoms with Crippen LogP contribution in [0.2, 0.25) is 0 Å². The topological polar surface area (TPSA) is 0 Å². The zero-order valence-corrected chi connectivity index (χ0v) is 19.2. The second kappa shape index (κ2) is 9.75. The predicted octanol–water partition coefficient (Wildman–Crippen LogP) is 8.87.